The van der Waals surface area contributed by atoms with Crippen LogP contribution in [0, 0.1) is 0 Å². The second-order valence-corrected chi connectivity index (χ2v) is 5.68. The van der Waals surface area contributed by atoms with Crippen LogP contribution < -0.4 is 10.1 Å². The lowest BCUT2D eigenvalue weighted by Crippen LogP contribution is -1.90. The second kappa shape index (κ2) is 6.53. The molecule has 23 heavy (non-hydrogen) atoms. The van der Waals surface area contributed by atoms with Crippen LogP contribution in [0.15, 0.2) is 42.5 Å². The van der Waals surface area contributed by atoms with Crippen LogP contribution in [0.5, 0.6) is 17.2 Å². The number of hydrogen-bond donors (Lipinski definition) is 3. The Kier molecular flexibility index (Phi) is 4.29. The van der Waals surface area contributed by atoms with Gasteiger partial charge in [0.2, 0.25) is 5.13 Å². The maximum atomic E-state index is 9.51. The zero-order valence-corrected chi connectivity index (χ0v) is 13.2. The number of aromatic hydroxyl groups is 2. The van der Waals surface area contributed by atoms with Crippen LogP contribution in [0.25, 0.3) is 10.6 Å². The molecule has 0 aliphatic carbocycles. The van der Waals surface area contributed by atoms with Gasteiger partial charge in [0.05, 0.1) is 6.61 Å². The average Bonchev–Trinajstić information content (AvgIpc) is 3.00. The molecule has 0 saturated heterocycles. The number of nitrogens with one attached hydrogen (secondary N) is 1. The Morgan fingerprint density at radius 1 is 1.09 bits per heavy atom. The van der Waals surface area contributed by atoms with Crippen molar-refractivity contribution in [1.29, 1.82) is 0 Å². The first-order valence-electron chi connectivity index (χ1n) is 7.01. The van der Waals surface area contributed by atoms with Crippen LogP contribution >= 0.6 is 11.3 Å². The van der Waals surface area contributed by atoms with E-state index in [1.165, 1.54) is 23.5 Å². The van der Waals surface area contributed by atoms with Gasteiger partial charge >= 0.3 is 0 Å². The van der Waals surface area contributed by atoms with Crippen LogP contribution in [0.2, 0.25) is 0 Å². The van der Waals surface area contributed by atoms with Crippen LogP contribution in [0.1, 0.15) is 6.92 Å². The average molecular weight is 329 g/mol. The summed E-state index contributed by atoms with van der Waals surface area (Å²) >= 11 is 1.38. The Hall–Kier alpha value is -2.80. The predicted octanol–water partition coefficient (Wildman–Crippen LogP) is 3.76. The minimum atomic E-state index is -0.191. The van der Waals surface area contributed by atoms with Gasteiger partial charge in [-0.15, -0.1) is 10.2 Å². The van der Waals surface area contributed by atoms with E-state index in [0.717, 1.165) is 16.3 Å². The highest BCUT2D eigenvalue weighted by atomic mass is 32.1. The summed E-state index contributed by atoms with van der Waals surface area (Å²) in [6.07, 6.45) is 0. The van der Waals surface area contributed by atoms with Gasteiger partial charge in [-0.05, 0) is 31.2 Å². The summed E-state index contributed by atoms with van der Waals surface area (Å²) in [5.74, 6) is 0.434. The minimum absolute atomic E-state index is 0.166. The molecule has 0 spiro atoms. The summed E-state index contributed by atoms with van der Waals surface area (Å²) < 4.78 is 5.48. The van der Waals surface area contributed by atoms with Crippen molar-refractivity contribution < 1.29 is 14.9 Å². The van der Waals surface area contributed by atoms with E-state index >= 15 is 0 Å². The van der Waals surface area contributed by atoms with Gasteiger partial charge in [0.15, 0.2) is 11.5 Å². The van der Waals surface area contributed by atoms with Crippen LogP contribution in [0.4, 0.5) is 10.8 Å². The van der Waals surface area contributed by atoms with Crippen LogP contribution in [-0.4, -0.2) is 27.0 Å². The first kappa shape index (κ1) is 15.1. The summed E-state index contributed by atoms with van der Waals surface area (Å²) in [6, 6.07) is 12.1. The number of rotatable bonds is 5. The predicted molar refractivity (Wildman–Crippen MR) is 89.6 cm³/mol. The number of hydrogen-bond acceptors (Lipinski definition) is 7. The fraction of sp³-hybridized carbons (Fsp3) is 0.125. The van der Waals surface area contributed by atoms with Gasteiger partial charge in [-0.2, -0.15) is 0 Å². The molecular formula is C16H15N3O3S. The zero-order chi connectivity index (χ0) is 16.2. The van der Waals surface area contributed by atoms with Crippen LogP contribution in [0.3, 0.4) is 0 Å². The van der Waals surface area contributed by atoms with E-state index in [2.05, 4.69) is 15.5 Å². The highest BCUT2D eigenvalue weighted by Crippen LogP contribution is 2.32. The van der Waals surface area contributed by atoms with Crippen LogP contribution in [-0.2, 0) is 0 Å². The molecule has 0 bridgehead atoms. The minimum Gasteiger partial charge on any atom is -0.504 e. The molecule has 0 atom stereocenters. The third-order valence-corrected chi connectivity index (χ3v) is 3.93. The van der Waals surface area contributed by atoms with E-state index in [9.17, 15) is 10.2 Å². The molecule has 118 valence electrons. The van der Waals surface area contributed by atoms with Gasteiger partial charge in [0, 0.05) is 17.3 Å². The molecule has 1 aromatic heterocycles. The number of aromatic nitrogens is 2. The largest absolute Gasteiger partial charge is 0.504 e. The fourth-order valence-corrected chi connectivity index (χ4v) is 2.76. The zero-order valence-electron chi connectivity index (χ0n) is 12.4. The van der Waals surface area contributed by atoms with Crippen molar-refractivity contribution in [3.8, 4) is 27.8 Å². The molecule has 3 N–H and O–H groups in total. The molecule has 0 amide bonds. The number of phenolic OH excluding ortho intramolecular Hbond substituents is 2. The van der Waals surface area contributed by atoms with Crippen molar-refractivity contribution >= 4 is 22.2 Å². The van der Waals surface area contributed by atoms with E-state index in [0.29, 0.717) is 17.4 Å². The molecule has 2 aromatic carbocycles. The first-order chi connectivity index (χ1) is 11.2. The smallest absolute Gasteiger partial charge is 0.210 e. The van der Waals surface area contributed by atoms with Gasteiger partial charge in [-0.1, -0.05) is 23.5 Å². The maximum absolute atomic E-state index is 9.51. The number of anilines is 2. The Balaban J connectivity index is 1.80. The van der Waals surface area contributed by atoms with Gasteiger partial charge in [0.1, 0.15) is 10.8 Å². The first-order valence-corrected chi connectivity index (χ1v) is 7.83. The molecule has 7 heteroatoms. The van der Waals surface area contributed by atoms with E-state index in [1.807, 2.05) is 31.2 Å². The summed E-state index contributed by atoms with van der Waals surface area (Å²) in [4.78, 5) is 0. The topological polar surface area (TPSA) is 87.5 Å². The highest BCUT2D eigenvalue weighted by molar-refractivity contribution is 7.18. The molecule has 0 aliphatic heterocycles. The van der Waals surface area contributed by atoms with Crippen molar-refractivity contribution in [2.24, 2.45) is 0 Å². The van der Waals surface area contributed by atoms with E-state index in [-0.39, 0.29) is 11.5 Å². The molecule has 3 aromatic rings. The normalized spacial score (nSPS) is 10.5. The number of nitrogens with zero attached hydrogens (tertiary/aromatic N) is 2. The second-order valence-electron chi connectivity index (χ2n) is 4.70. The summed E-state index contributed by atoms with van der Waals surface area (Å²) in [6.45, 7) is 2.55. The SMILES string of the molecule is CCOc1cccc(-c2nnc(Nc3ccc(O)c(O)c3)s2)c1. The Labute approximate surface area is 137 Å². The molecule has 0 radical (unpaired) electrons. The van der Waals surface area contributed by atoms with Crippen molar-refractivity contribution in [3.63, 3.8) is 0 Å². The molecule has 3 rings (SSSR count). The molecule has 0 aliphatic rings. The molecule has 0 unspecified atom stereocenters. The Morgan fingerprint density at radius 2 is 1.96 bits per heavy atom. The Bertz CT molecular complexity index is 820. The van der Waals surface area contributed by atoms with Crippen molar-refractivity contribution in [1.82, 2.24) is 10.2 Å². The number of ether oxygens (including phenoxy) is 1. The fourth-order valence-electron chi connectivity index (χ4n) is 2.00. The monoisotopic (exact) mass is 329 g/mol. The van der Waals surface area contributed by atoms with Gasteiger partial charge in [-0.3, -0.25) is 0 Å². The quantitative estimate of drug-likeness (QED) is 0.488. The third-order valence-electron chi connectivity index (χ3n) is 3.04. The van der Waals surface area contributed by atoms with E-state index in [4.69, 9.17) is 4.74 Å². The molecule has 6 nitrogen and oxygen atoms in total. The van der Waals surface area contributed by atoms with Crippen molar-refractivity contribution in [2.75, 3.05) is 11.9 Å². The number of benzene rings is 2. The lowest BCUT2D eigenvalue weighted by molar-refractivity contribution is 0.340. The molecule has 0 fully saturated rings. The van der Waals surface area contributed by atoms with Gasteiger partial charge < -0.3 is 20.3 Å². The number of phenols is 2. The maximum Gasteiger partial charge on any atom is 0.210 e. The third kappa shape index (κ3) is 3.51. The van der Waals surface area contributed by atoms with Gasteiger partial charge in [0.25, 0.3) is 0 Å². The molecule has 0 saturated carbocycles. The standard InChI is InChI=1S/C16H15N3O3S/c1-2-22-12-5-3-4-10(8-12)15-18-19-16(23-15)17-11-6-7-13(20)14(21)9-11/h3-9,20-21H,2H2,1H3,(H,17,19). The summed E-state index contributed by atoms with van der Waals surface area (Å²) in [7, 11) is 0. The van der Waals surface area contributed by atoms with Gasteiger partial charge in [-0.25, -0.2) is 0 Å². The molecule has 1 heterocycles. The lowest BCUT2D eigenvalue weighted by Gasteiger charge is -2.04. The Morgan fingerprint density at radius 3 is 2.74 bits per heavy atom. The summed E-state index contributed by atoms with van der Waals surface area (Å²) in [5.41, 5.74) is 1.54. The summed E-state index contributed by atoms with van der Waals surface area (Å²) in [5, 5.41) is 31.5. The highest BCUT2D eigenvalue weighted by Gasteiger charge is 2.09. The molecular weight excluding hydrogens is 314 g/mol. The van der Waals surface area contributed by atoms with E-state index < -0.39 is 0 Å². The van der Waals surface area contributed by atoms with Crippen molar-refractivity contribution in [3.05, 3.63) is 42.5 Å². The lowest BCUT2D eigenvalue weighted by atomic mass is 10.2. The van der Waals surface area contributed by atoms with Crippen molar-refractivity contribution in [2.45, 2.75) is 6.92 Å². The van der Waals surface area contributed by atoms with E-state index in [1.54, 1.807) is 6.07 Å².